The molecule has 1 aliphatic rings. The van der Waals surface area contributed by atoms with Gasteiger partial charge in [0, 0.05) is 31.7 Å². The molecule has 2 heterocycles. The molecule has 0 N–H and O–H groups in total. The highest BCUT2D eigenvalue weighted by Crippen LogP contribution is 2.39. The first-order chi connectivity index (χ1) is 17.2. The van der Waals surface area contributed by atoms with Crippen molar-refractivity contribution >= 4 is 54.0 Å². The molecule has 1 fully saturated rings. The number of hydrogen-bond acceptors (Lipinski definition) is 8. The van der Waals surface area contributed by atoms with Gasteiger partial charge in [0.1, 0.15) is 11.3 Å². The van der Waals surface area contributed by atoms with Crippen molar-refractivity contribution in [3.8, 4) is 5.75 Å². The molecule has 4 rings (SSSR count). The summed E-state index contributed by atoms with van der Waals surface area (Å²) >= 11 is 7.75. The number of sulfone groups is 1. The third kappa shape index (κ3) is 5.68. The molecular formula is C25H30ClN3O5S2. The van der Waals surface area contributed by atoms with E-state index in [9.17, 15) is 13.2 Å². The van der Waals surface area contributed by atoms with Crippen LogP contribution in [0.2, 0.25) is 5.02 Å². The summed E-state index contributed by atoms with van der Waals surface area (Å²) < 4.78 is 37.1. The van der Waals surface area contributed by atoms with E-state index in [0.29, 0.717) is 46.7 Å². The number of hydrogen-bond donors (Lipinski definition) is 0. The molecule has 11 heteroatoms. The second kappa shape index (κ2) is 11.4. The Labute approximate surface area is 220 Å². The average Bonchev–Trinajstić information content (AvgIpc) is 3.33. The molecule has 1 amide bonds. The topological polar surface area (TPSA) is 89.0 Å². The fourth-order valence-corrected chi connectivity index (χ4v) is 6.40. The summed E-state index contributed by atoms with van der Waals surface area (Å²) in [5.41, 5.74) is 0.882. The predicted molar refractivity (Wildman–Crippen MR) is 143 cm³/mol. The number of benzene rings is 2. The third-order valence-corrected chi connectivity index (χ3v) is 9.82. The monoisotopic (exact) mass is 551 g/mol. The lowest BCUT2D eigenvalue weighted by Gasteiger charge is -2.27. The number of rotatable bonds is 9. The van der Waals surface area contributed by atoms with Crippen molar-refractivity contribution in [2.45, 2.75) is 30.4 Å². The summed E-state index contributed by atoms with van der Waals surface area (Å²) in [7, 11) is -1.96. The highest BCUT2D eigenvalue weighted by atomic mass is 35.5. The van der Waals surface area contributed by atoms with E-state index in [-0.39, 0.29) is 10.8 Å². The molecule has 0 radical (unpaired) electrons. The largest absolute Gasteiger partial charge is 0.494 e. The lowest BCUT2D eigenvalue weighted by atomic mass is 10.2. The standard InChI is InChI=1S/C25H30ClN3O5S2/c1-17(2)36(31,32)19-7-4-6-18(16-19)24(30)29(11-5-10-28-12-14-34-15-13-28)25-27-22-21(33-3)9-8-20(26)23(22)35-25/h4,6-9,16-17H,5,10-15H2,1-3H3. The Morgan fingerprint density at radius 3 is 2.69 bits per heavy atom. The Morgan fingerprint density at radius 1 is 1.25 bits per heavy atom. The minimum atomic E-state index is -3.53. The summed E-state index contributed by atoms with van der Waals surface area (Å²) in [5, 5.41) is 0.423. The first-order valence-electron chi connectivity index (χ1n) is 11.8. The number of nitrogens with zero attached hydrogens (tertiary/aromatic N) is 3. The molecule has 3 aromatic rings. The average molecular weight is 552 g/mol. The summed E-state index contributed by atoms with van der Waals surface area (Å²) in [6, 6.07) is 9.71. The van der Waals surface area contributed by atoms with Gasteiger partial charge in [0.15, 0.2) is 15.0 Å². The van der Waals surface area contributed by atoms with Crippen LogP contribution in [0.1, 0.15) is 30.6 Å². The Balaban J connectivity index is 1.68. The number of methoxy groups -OCH3 is 1. The van der Waals surface area contributed by atoms with Crippen molar-refractivity contribution in [3.63, 3.8) is 0 Å². The highest BCUT2D eigenvalue weighted by molar-refractivity contribution is 7.92. The lowest BCUT2D eigenvalue weighted by molar-refractivity contribution is 0.0376. The van der Waals surface area contributed by atoms with Crippen LogP contribution in [0.4, 0.5) is 5.13 Å². The SMILES string of the molecule is COc1ccc(Cl)c2sc(N(CCCN3CCOCC3)C(=O)c3cccc(S(=O)(=O)C(C)C)c3)nc12. The third-order valence-electron chi connectivity index (χ3n) is 6.13. The van der Waals surface area contributed by atoms with Gasteiger partial charge in [-0.15, -0.1) is 0 Å². The zero-order valence-corrected chi connectivity index (χ0v) is 23.0. The second-order valence-electron chi connectivity index (χ2n) is 8.81. The van der Waals surface area contributed by atoms with E-state index in [2.05, 4.69) is 4.90 Å². The van der Waals surface area contributed by atoms with Crippen molar-refractivity contribution in [2.24, 2.45) is 0 Å². The molecule has 194 valence electrons. The van der Waals surface area contributed by atoms with Crippen LogP contribution in [-0.4, -0.2) is 76.0 Å². The van der Waals surface area contributed by atoms with Gasteiger partial charge in [-0.3, -0.25) is 14.6 Å². The van der Waals surface area contributed by atoms with Crippen molar-refractivity contribution in [1.29, 1.82) is 0 Å². The highest BCUT2D eigenvalue weighted by Gasteiger charge is 2.26. The molecule has 0 unspecified atom stereocenters. The molecule has 8 nitrogen and oxygen atoms in total. The minimum absolute atomic E-state index is 0.130. The van der Waals surface area contributed by atoms with E-state index in [1.807, 2.05) is 0 Å². The smallest absolute Gasteiger partial charge is 0.260 e. The maximum Gasteiger partial charge on any atom is 0.260 e. The quantitative estimate of drug-likeness (QED) is 0.386. The number of halogens is 1. The summed E-state index contributed by atoms with van der Waals surface area (Å²) in [5.74, 6) is 0.259. The first-order valence-corrected chi connectivity index (χ1v) is 14.6. The normalized spacial score (nSPS) is 14.9. The Bertz CT molecular complexity index is 1340. The number of ether oxygens (including phenoxy) is 2. The summed E-state index contributed by atoms with van der Waals surface area (Å²) in [6.07, 6.45) is 0.719. The van der Waals surface area contributed by atoms with Crippen molar-refractivity contribution in [3.05, 3.63) is 47.0 Å². The molecule has 1 aromatic heterocycles. The number of fused-ring (bicyclic) bond motifs is 1. The van der Waals surface area contributed by atoms with E-state index in [4.69, 9.17) is 26.1 Å². The first kappa shape index (κ1) is 26.8. The van der Waals surface area contributed by atoms with Crippen LogP contribution in [0.25, 0.3) is 10.2 Å². The van der Waals surface area contributed by atoms with Gasteiger partial charge in [0.2, 0.25) is 0 Å². The van der Waals surface area contributed by atoms with Crippen molar-refractivity contribution in [1.82, 2.24) is 9.88 Å². The number of amides is 1. The lowest BCUT2D eigenvalue weighted by Crippen LogP contribution is -2.39. The van der Waals surface area contributed by atoms with Crippen LogP contribution < -0.4 is 9.64 Å². The number of thiazole rings is 1. The molecule has 36 heavy (non-hydrogen) atoms. The second-order valence-corrected chi connectivity index (χ2v) is 12.7. The molecular weight excluding hydrogens is 522 g/mol. The van der Waals surface area contributed by atoms with Gasteiger partial charge in [0.05, 0.1) is 40.2 Å². The van der Waals surface area contributed by atoms with Gasteiger partial charge in [0.25, 0.3) is 5.91 Å². The molecule has 0 atom stereocenters. The number of morpholine rings is 1. The van der Waals surface area contributed by atoms with Crippen LogP contribution in [-0.2, 0) is 14.6 Å². The van der Waals surface area contributed by atoms with E-state index in [0.717, 1.165) is 30.8 Å². The minimum Gasteiger partial charge on any atom is -0.494 e. The van der Waals surface area contributed by atoms with Crippen molar-refractivity contribution in [2.75, 3.05) is 51.4 Å². The van der Waals surface area contributed by atoms with E-state index < -0.39 is 15.1 Å². The predicted octanol–water partition coefficient (Wildman–Crippen LogP) is 4.51. The molecule has 0 spiro atoms. The molecule has 0 bridgehead atoms. The molecule has 1 aliphatic heterocycles. The zero-order chi connectivity index (χ0) is 25.9. The van der Waals surface area contributed by atoms with E-state index >= 15 is 0 Å². The van der Waals surface area contributed by atoms with Crippen molar-refractivity contribution < 1.29 is 22.7 Å². The molecule has 1 saturated heterocycles. The van der Waals surface area contributed by atoms with Gasteiger partial charge >= 0.3 is 0 Å². The van der Waals surface area contributed by atoms with Crippen LogP contribution in [0.5, 0.6) is 5.75 Å². The number of anilines is 1. The fourth-order valence-electron chi connectivity index (χ4n) is 4.02. The Kier molecular flexibility index (Phi) is 8.52. The molecule has 0 saturated carbocycles. The summed E-state index contributed by atoms with van der Waals surface area (Å²) in [4.78, 5) is 22.6. The van der Waals surface area contributed by atoms with Crippen LogP contribution in [0, 0.1) is 0 Å². The van der Waals surface area contributed by atoms with Gasteiger partial charge in [-0.1, -0.05) is 29.0 Å². The van der Waals surface area contributed by atoms with Gasteiger partial charge in [-0.05, 0) is 50.6 Å². The molecule has 2 aromatic carbocycles. The Hall–Kier alpha value is -2.24. The maximum atomic E-state index is 13.8. The van der Waals surface area contributed by atoms with Gasteiger partial charge in [-0.25, -0.2) is 13.4 Å². The van der Waals surface area contributed by atoms with Crippen LogP contribution in [0.3, 0.4) is 0 Å². The molecule has 0 aliphatic carbocycles. The van der Waals surface area contributed by atoms with E-state index in [1.54, 1.807) is 50.1 Å². The number of carbonyl (C=O) groups is 1. The fraction of sp³-hybridized carbons (Fsp3) is 0.440. The van der Waals surface area contributed by atoms with Gasteiger partial charge < -0.3 is 9.47 Å². The number of aromatic nitrogens is 1. The van der Waals surface area contributed by atoms with Gasteiger partial charge in [-0.2, -0.15) is 0 Å². The summed E-state index contributed by atoms with van der Waals surface area (Å²) in [6.45, 7) is 7.60. The van der Waals surface area contributed by atoms with Crippen LogP contribution >= 0.6 is 22.9 Å². The van der Waals surface area contributed by atoms with Crippen LogP contribution in [0.15, 0.2) is 41.3 Å². The van der Waals surface area contributed by atoms with E-state index in [1.165, 1.54) is 23.5 Å². The maximum absolute atomic E-state index is 13.8. The number of carbonyl (C=O) groups excluding carboxylic acids is 1. The zero-order valence-electron chi connectivity index (χ0n) is 20.6. The Morgan fingerprint density at radius 2 is 2.00 bits per heavy atom.